The van der Waals surface area contributed by atoms with Crippen molar-refractivity contribution in [1.82, 2.24) is 5.48 Å². The smallest absolute Gasteiger partial charge is 0.244 e. The van der Waals surface area contributed by atoms with Crippen LogP contribution in [0.3, 0.4) is 0 Å². The summed E-state index contributed by atoms with van der Waals surface area (Å²) in [6.07, 6.45) is -0.0465. The topological polar surface area (TPSA) is 78.4 Å². The molecular weight excluding hydrogens is 208 g/mol. The summed E-state index contributed by atoms with van der Waals surface area (Å²) >= 11 is 0. The number of hydroxylamine groups is 1. The van der Waals surface area contributed by atoms with Crippen LogP contribution in [0.1, 0.15) is 13.3 Å². The quantitative estimate of drug-likeness (QED) is 0.528. The van der Waals surface area contributed by atoms with E-state index in [1.165, 1.54) is 5.48 Å². The molecule has 1 aromatic rings. The summed E-state index contributed by atoms with van der Waals surface area (Å²) in [7, 11) is 0. The Balaban J connectivity index is 2.49. The number of hydrogen-bond acceptors (Lipinski definition) is 3. The fourth-order valence-corrected chi connectivity index (χ4v) is 1.20. The van der Waals surface area contributed by atoms with E-state index in [0.717, 1.165) is 0 Å². The fourth-order valence-electron chi connectivity index (χ4n) is 1.20. The van der Waals surface area contributed by atoms with E-state index in [0.29, 0.717) is 5.69 Å². The molecule has 1 rings (SSSR count). The van der Waals surface area contributed by atoms with E-state index >= 15 is 0 Å². The van der Waals surface area contributed by atoms with Gasteiger partial charge in [-0.05, 0) is 12.1 Å². The number of anilines is 1. The molecule has 2 amide bonds. The third-order valence-electron chi connectivity index (χ3n) is 2.11. The first-order valence-corrected chi connectivity index (χ1v) is 4.92. The summed E-state index contributed by atoms with van der Waals surface area (Å²) in [5, 5.41) is 11.0. The number of hydrogen-bond donors (Lipinski definition) is 3. The van der Waals surface area contributed by atoms with Crippen LogP contribution in [0.4, 0.5) is 5.69 Å². The van der Waals surface area contributed by atoms with Crippen molar-refractivity contribution in [3.8, 4) is 0 Å². The zero-order valence-corrected chi connectivity index (χ0v) is 8.93. The molecule has 0 fully saturated rings. The van der Waals surface area contributed by atoms with Gasteiger partial charge in [0.1, 0.15) is 0 Å². The van der Waals surface area contributed by atoms with Crippen LogP contribution in [0.5, 0.6) is 0 Å². The molecule has 0 spiro atoms. The molecule has 5 nitrogen and oxygen atoms in total. The average Bonchev–Trinajstić information content (AvgIpc) is 2.30. The maximum atomic E-state index is 11.6. The van der Waals surface area contributed by atoms with Gasteiger partial charge in [-0.1, -0.05) is 25.1 Å². The number of amides is 2. The van der Waals surface area contributed by atoms with Crippen LogP contribution in [-0.4, -0.2) is 17.0 Å². The second-order valence-corrected chi connectivity index (χ2v) is 3.50. The highest BCUT2D eigenvalue weighted by Crippen LogP contribution is 2.09. The van der Waals surface area contributed by atoms with Crippen molar-refractivity contribution in [3.63, 3.8) is 0 Å². The highest BCUT2D eigenvalue weighted by Gasteiger charge is 2.16. The fraction of sp³-hybridized carbons (Fsp3) is 0.273. The number of para-hydroxylation sites is 1. The van der Waals surface area contributed by atoms with Crippen molar-refractivity contribution < 1.29 is 14.8 Å². The van der Waals surface area contributed by atoms with Gasteiger partial charge in [0.05, 0.1) is 0 Å². The first-order chi connectivity index (χ1) is 7.63. The van der Waals surface area contributed by atoms with Gasteiger partial charge < -0.3 is 5.32 Å². The number of carbonyl (C=O) groups excluding carboxylic acids is 2. The molecule has 0 aliphatic heterocycles. The molecule has 0 aliphatic rings. The van der Waals surface area contributed by atoms with Gasteiger partial charge in [-0.3, -0.25) is 14.8 Å². The van der Waals surface area contributed by atoms with Crippen LogP contribution in [0, 0.1) is 5.92 Å². The molecule has 1 atom stereocenters. The number of benzene rings is 1. The molecule has 1 aromatic carbocycles. The molecule has 86 valence electrons. The maximum Gasteiger partial charge on any atom is 0.244 e. The molecule has 0 radical (unpaired) electrons. The Bertz CT molecular complexity index is 365. The van der Waals surface area contributed by atoms with E-state index < -0.39 is 11.8 Å². The second-order valence-electron chi connectivity index (χ2n) is 3.50. The van der Waals surface area contributed by atoms with Gasteiger partial charge in [0.2, 0.25) is 11.8 Å². The van der Waals surface area contributed by atoms with E-state index in [1.54, 1.807) is 31.2 Å². The lowest BCUT2D eigenvalue weighted by molar-refractivity contribution is -0.132. The van der Waals surface area contributed by atoms with Crippen LogP contribution in [0.15, 0.2) is 30.3 Å². The lowest BCUT2D eigenvalue weighted by atomic mass is 10.1. The number of nitrogens with one attached hydrogen (secondary N) is 2. The van der Waals surface area contributed by atoms with Crippen molar-refractivity contribution >= 4 is 17.5 Å². The molecule has 0 saturated heterocycles. The van der Waals surface area contributed by atoms with E-state index in [-0.39, 0.29) is 12.3 Å². The Morgan fingerprint density at radius 1 is 1.31 bits per heavy atom. The van der Waals surface area contributed by atoms with Crippen molar-refractivity contribution in [3.05, 3.63) is 30.3 Å². The van der Waals surface area contributed by atoms with Gasteiger partial charge in [-0.15, -0.1) is 0 Å². The van der Waals surface area contributed by atoms with Crippen molar-refractivity contribution in [1.29, 1.82) is 0 Å². The SMILES string of the molecule is CC(CC(=O)NO)C(=O)Nc1ccccc1. The van der Waals surface area contributed by atoms with Gasteiger partial charge >= 0.3 is 0 Å². The van der Waals surface area contributed by atoms with E-state index in [4.69, 9.17) is 5.21 Å². The van der Waals surface area contributed by atoms with Gasteiger partial charge in [-0.25, -0.2) is 5.48 Å². The molecule has 0 heterocycles. The Labute approximate surface area is 93.4 Å². The lowest BCUT2D eigenvalue weighted by Gasteiger charge is -2.10. The summed E-state index contributed by atoms with van der Waals surface area (Å²) in [5.41, 5.74) is 2.18. The predicted molar refractivity (Wildman–Crippen MR) is 58.8 cm³/mol. The van der Waals surface area contributed by atoms with E-state index in [2.05, 4.69) is 5.32 Å². The minimum atomic E-state index is -0.573. The summed E-state index contributed by atoms with van der Waals surface area (Å²) in [6, 6.07) is 8.98. The standard InChI is InChI=1S/C11H14N2O3/c1-8(7-10(14)13-16)11(15)12-9-5-3-2-4-6-9/h2-6,8,16H,7H2,1H3,(H,12,15)(H,13,14). The molecular formula is C11H14N2O3. The third kappa shape index (κ3) is 3.70. The molecule has 0 aliphatic carbocycles. The van der Waals surface area contributed by atoms with E-state index in [1.807, 2.05) is 6.07 Å². The zero-order chi connectivity index (χ0) is 12.0. The average molecular weight is 222 g/mol. The Hall–Kier alpha value is -1.88. The molecule has 16 heavy (non-hydrogen) atoms. The maximum absolute atomic E-state index is 11.6. The molecule has 0 bridgehead atoms. The van der Waals surface area contributed by atoms with Crippen LogP contribution < -0.4 is 10.8 Å². The van der Waals surface area contributed by atoms with Crippen molar-refractivity contribution in [2.45, 2.75) is 13.3 Å². The minimum absolute atomic E-state index is 0.0465. The summed E-state index contributed by atoms with van der Waals surface area (Å²) < 4.78 is 0. The van der Waals surface area contributed by atoms with Gasteiger partial charge in [0, 0.05) is 18.0 Å². The van der Waals surface area contributed by atoms with Gasteiger partial charge in [0.25, 0.3) is 0 Å². The lowest BCUT2D eigenvalue weighted by Crippen LogP contribution is -2.27. The van der Waals surface area contributed by atoms with Crippen molar-refractivity contribution in [2.75, 3.05) is 5.32 Å². The van der Waals surface area contributed by atoms with Gasteiger partial charge in [-0.2, -0.15) is 0 Å². The van der Waals surface area contributed by atoms with Crippen LogP contribution in [0.25, 0.3) is 0 Å². The molecule has 0 saturated carbocycles. The van der Waals surface area contributed by atoms with Crippen molar-refractivity contribution in [2.24, 2.45) is 5.92 Å². The monoisotopic (exact) mass is 222 g/mol. The number of rotatable bonds is 4. The highest BCUT2D eigenvalue weighted by atomic mass is 16.5. The normalized spacial score (nSPS) is 11.6. The molecule has 0 aromatic heterocycles. The Morgan fingerprint density at radius 3 is 2.50 bits per heavy atom. The summed E-state index contributed by atoms with van der Waals surface area (Å²) in [4.78, 5) is 22.4. The first-order valence-electron chi connectivity index (χ1n) is 4.92. The second kappa shape index (κ2) is 5.87. The largest absolute Gasteiger partial charge is 0.326 e. The Kier molecular flexibility index (Phi) is 4.47. The van der Waals surface area contributed by atoms with Gasteiger partial charge in [0.15, 0.2) is 0 Å². The summed E-state index contributed by atoms with van der Waals surface area (Å²) in [5.74, 6) is -1.32. The molecule has 1 unspecified atom stereocenters. The highest BCUT2D eigenvalue weighted by molar-refractivity contribution is 5.94. The minimum Gasteiger partial charge on any atom is -0.326 e. The van der Waals surface area contributed by atoms with Crippen LogP contribution in [-0.2, 0) is 9.59 Å². The van der Waals surface area contributed by atoms with Crippen LogP contribution >= 0.6 is 0 Å². The van der Waals surface area contributed by atoms with Crippen LogP contribution in [0.2, 0.25) is 0 Å². The predicted octanol–water partition coefficient (Wildman–Crippen LogP) is 1.16. The summed E-state index contributed by atoms with van der Waals surface area (Å²) in [6.45, 7) is 1.62. The Morgan fingerprint density at radius 2 is 1.94 bits per heavy atom. The molecule has 3 N–H and O–H groups in total. The zero-order valence-electron chi connectivity index (χ0n) is 8.93. The first kappa shape index (κ1) is 12.2. The molecule has 5 heteroatoms. The number of carbonyl (C=O) groups is 2. The third-order valence-corrected chi connectivity index (χ3v) is 2.11. The van der Waals surface area contributed by atoms with E-state index in [9.17, 15) is 9.59 Å².